The van der Waals surface area contributed by atoms with Gasteiger partial charge in [0.15, 0.2) is 5.78 Å². The maximum Gasteiger partial charge on any atom is 0.154 e. The van der Waals surface area contributed by atoms with Crippen molar-refractivity contribution in [3.05, 3.63) is 29.8 Å². The lowest BCUT2D eigenvalue weighted by Crippen LogP contribution is -2.44. The van der Waals surface area contributed by atoms with Crippen molar-refractivity contribution in [3.63, 3.8) is 0 Å². The Morgan fingerprint density at radius 1 is 1.43 bits per heavy atom. The highest BCUT2D eigenvalue weighted by molar-refractivity contribution is 5.89. The van der Waals surface area contributed by atoms with E-state index in [-0.39, 0.29) is 11.3 Å². The molecule has 0 aliphatic carbocycles. The van der Waals surface area contributed by atoms with Crippen LogP contribution in [-0.4, -0.2) is 11.3 Å². The second-order valence-electron chi connectivity index (χ2n) is 4.17. The second kappa shape index (κ2) is 3.12. The Bertz CT molecular complexity index is 372. The van der Waals surface area contributed by atoms with Crippen LogP contribution in [0.3, 0.4) is 0 Å². The first-order valence-corrected chi connectivity index (χ1v) is 4.99. The van der Waals surface area contributed by atoms with E-state index in [1.807, 2.05) is 25.1 Å². The summed E-state index contributed by atoms with van der Waals surface area (Å²) in [4.78, 5) is 11.5. The maximum absolute atomic E-state index is 11.5. The van der Waals surface area contributed by atoms with Crippen LogP contribution in [0.15, 0.2) is 24.3 Å². The maximum atomic E-state index is 11.5. The molecule has 1 aromatic rings. The summed E-state index contributed by atoms with van der Waals surface area (Å²) < 4.78 is 0. The van der Waals surface area contributed by atoms with Gasteiger partial charge in [0.25, 0.3) is 0 Å². The molecule has 0 fully saturated rings. The first-order valence-electron chi connectivity index (χ1n) is 4.99. The van der Waals surface area contributed by atoms with Crippen LogP contribution in [-0.2, 0) is 11.2 Å². The Morgan fingerprint density at radius 3 is 2.86 bits per heavy atom. The molecule has 0 spiro atoms. The quantitative estimate of drug-likeness (QED) is 0.735. The normalized spacial score (nSPS) is 25.0. The molecule has 0 bridgehead atoms. The lowest BCUT2D eigenvalue weighted by atomic mass is 9.85. The molecule has 1 heterocycles. The third kappa shape index (κ3) is 1.41. The van der Waals surface area contributed by atoms with Crippen molar-refractivity contribution in [2.24, 2.45) is 0 Å². The molecular weight excluding hydrogens is 174 g/mol. The molecule has 0 saturated heterocycles. The smallest absolute Gasteiger partial charge is 0.154 e. The highest BCUT2D eigenvalue weighted by Crippen LogP contribution is 2.30. The van der Waals surface area contributed by atoms with Gasteiger partial charge in [-0.2, -0.15) is 0 Å². The summed E-state index contributed by atoms with van der Waals surface area (Å²) in [6, 6.07) is 8.19. The number of carbonyl (C=O) groups is 1. The summed E-state index contributed by atoms with van der Waals surface area (Å²) in [5, 5.41) is 3.32. The molecule has 14 heavy (non-hydrogen) atoms. The molecule has 1 atom stereocenters. The molecule has 0 amide bonds. The SMILES string of the molecule is CC(=O)C1(C)CCc2ccccc2N1. The summed E-state index contributed by atoms with van der Waals surface area (Å²) in [5.41, 5.74) is 2.05. The molecule has 0 radical (unpaired) electrons. The number of aryl methyl sites for hydroxylation is 1. The standard InChI is InChI=1S/C12H15NO/c1-9(14)12(2)8-7-10-5-3-4-6-11(10)13-12/h3-6,13H,7-8H2,1-2H3. The fraction of sp³-hybridized carbons (Fsp3) is 0.417. The molecule has 1 N–H and O–H groups in total. The number of rotatable bonds is 1. The highest BCUT2D eigenvalue weighted by atomic mass is 16.1. The number of Topliss-reactive ketones (excluding diaryl/α,β-unsaturated/α-hetero) is 1. The fourth-order valence-electron chi connectivity index (χ4n) is 1.87. The van der Waals surface area contributed by atoms with Crippen LogP contribution in [0.5, 0.6) is 0 Å². The van der Waals surface area contributed by atoms with Gasteiger partial charge in [-0.05, 0) is 38.3 Å². The molecule has 0 aromatic heterocycles. The van der Waals surface area contributed by atoms with Crippen molar-refractivity contribution in [3.8, 4) is 0 Å². The molecule has 0 saturated carbocycles. The first-order chi connectivity index (χ1) is 6.62. The average molecular weight is 189 g/mol. The van der Waals surface area contributed by atoms with Crippen molar-refractivity contribution in [1.82, 2.24) is 0 Å². The molecule has 1 aliphatic heterocycles. The third-order valence-corrected chi connectivity index (χ3v) is 3.10. The van der Waals surface area contributed by atoms with Crippen LogP contribution >= 0.6 is 0 Å². The lowest BCUT2D eigenvalue weighted by Gasteiger charge is -2.34. The topological polar surface area (TPSA) is 29.1 Å². The number of hydrogen-bond acceptors (Lipinski definition) is 2. The molecule has 1 aromatic carbocycles. The van der Waals surface area contributed by atoms with E-state index in [1.165, 1.54) is 5.56 Å². The highest BCUT2D eigenvalue weighted by Gasteiger charge is 2.32. The van der Waals surface area contributed by atoms with E-state index in [0.717, 1.165) is 18.5 Å². The predicted octanol–water partition coefficient (Wildman–Crippen LogP) is 2.39. The number of anilines is 1. The van der Waals surface area contributed by atoms with E-state index in [4.69, 9.17) is 0 Å². The number of benzene rings is 1. The largest absolute Gasteiger partial charge is 0.373 e. The summed E-state index contributed by atoms with van der Waals surface area (Å²) in [5.74, 6) is 0.215. The zero-order chi connectivity index (χ0) is 10.2. The van der Waals surface area contributed by atoms with Crippen molar-refractivity contribution in [1.29, 1.82) is 0 Å². The van der Waals surface area contributed by atoms with Crippen LogP contribution in [0.1, 0.15) is 25.8 Å². The van der Waals surface area contributed by atoms with Crippen molar-refractivity contribution in [2.75, 3.05) is 5.32 Å². The summed E-state index contributed by atoms with van der Waals surface area (Å²) in [6.45, 7) is 3.63. The minimum absolute atomic E-state index is 0.215. The number of hydrogen-bond donors (Lipinski definition) is 1. The van der Waals surface area contributed by atoms with E-state index < -0.39 is 0 Å². The number of carbonyl (C=O) groups excluding carboxylic acids is 1. The molecule has 2 nitrogen and oxygen atoms in total. The molecule has 1 aliphatic rings. The van der Waals surface area contributed by atoms with Gasteiger partial charge >= 0.3 is 0 Å². The fourth-order valence-corrected chi connectivity index (χ4v) is 1.87. The van der Waals surface area contributed by atoms with Gasteiger partial charge in [-0.1, -0.05) is 18.2 Å². The molecule has 74 valence electrons. The second-order valence-corrected chi connectivity index (χ2v) is 4.17. The van der Waals surface area contributed by atoms with Crippen molar-refractivity contribution < 1.29 is 4.79 Å². The van der Waals surface area contributed by atoms with Gasteiger partial charge in [0.05, 0.1) is 5.54 Å². The Hall–Kier alpha value is -1.31. The summed E-state index contributed by atoms with van der Waals surface area (Å²) in [7, 11) is 0. The first kappa shape index (κ1) is 9.25. The van der Waals surface area contributed by atoms with Crippen molar-refractivity contribution in [2.45, 2.75) is 32.2 Å². The van der Waals surface area contributed by atoms with Crippen molar-refractivity contribution >= 4 is 11.5 Å². The molecular formula is C12H15NO. The predicted molar refractivity (Wildman–Crippen MR) is 57.5 cm³/mol. The van der Waals surface area contributed by atoms with Crippen LogP contribution in [0, 0.1) is 0 Å². The Morgan fingerprint density at radius 2 is 2.14 bits per heavy atom. The average Bonchev–Trinajstić information content (AvgIpc) is 2.17. The van der Waals surface area contributed by atoms with Gasteiger partial charge in [0.2, 0.25) is 0 Å². The van der Waals surface area contributed by atoms with Gasteiger partial charge in [0, 0.05) is 5.69 Å². The number of nitrogens with one attached hydrogen (secondary N) is 1. The van der Waals surface area contributed by atoms with Gasteiger partial charge in [-0.3, -0.25) is 4.79 Å². The van der Waals surface area contributed by atoms with Crippen LogP contribution in [0.2, 0.25) is 0 Å². The lowest BCUT2D eigenvalue weighted by molar-refractivity contribution is -0.121. The van der Waals surface area contributed by atoms with Gasteiger partial charge in [0.1, 0.15) is 0 Å². The van der Waals surface area contributed by atoms with E-state index >= 15 is 0 Å². The van der Waals surface area contributed by atoms with Gasteiger partial charge in [-0.15, -0.1) is 0 Å². The van der Waals surface area contributed by atoms with E-state index in [0.29, 0.717) is 0 Å². The Balaban J connectivity index is 2.34. The zero-order valence-electron chi connectivity index (χ0n) is 8.63. The van der Waals surface area contributed by atoms with E-state index in [2.05, 4.69) is 11.4 Å². The monoisotopic (exact) mass is 189 g/mol. The zero-order valence-corrected chi connectivity index (χ0v) is 8.63. The summed E-state index contributed by atoms with van der Waals surface area (Å²) in [6.07, 6.45) is 1.87. The number of ketones is 1. The van der Waals surface area contributed by atoms with Gasteiger partial charge in [-0.25, -0.2) is 0 Å². The minimum Gasteiger partial charge on any atom is -0.373 e. The van der Waals surface area contributed by atoms with Crippen LogP contribution in [0.4, 0.5) is 5.69 Å². The third-order valence-electron chi connectivity index (χ3n) is 3.10. The molecule has 2 rings (SSSR count). The summed E-state index contributed by atoms with van der Waals surface area (Å²) >= 11 is 0. The van der Waals surface area contributed by atoms with E-state index in [9.17, 15) is 4.79 Å². The van der Waals surface area contributed by atoms with Crippen LogP contribution in [0.25, 0.3) is 0 Å². The minimum atomic E-state index is -0.367. The van der Waals surface area contributed by atoms with E-state index in [1.54, 1.807) is 6.92 Å². The molecule has 1 unspecified atom stereocenters. The Labute approximate surface area is 84.3 Å². The van der Waals surface area contributed by atoms with Gasteiger partial charge < -0.3 is 5.32 Å². The number of fused-ring (bicyclic) bond motifs is 1. The number of para-hydroxylation sites is 1. The van der Waals surface area contributed by atoms with Crippen LogP contribution < -0.4 is 5.32 Å². The molecule has 2 heteroatoms. The Kier molecular flexibility index (Phi) is 2.06.